The Kier molecular flexibility index (Phi) is 5.14. The number of benzene rings is 6. The summed E-state index contributed by atoms with van der Waals surface area (Å²) in [5.74, 6) is 4.53. The van der Waals surface area contributed by atoms with Gasteiger partial charge in [-0.3, -0.25) is 0 Å². The number of nitrogens with zero attached hydrogens (tertiary/aromatic N) is 1. The Morgan fingerprint density at radius 2 is 1.23 bits per heavy atom. The topological polar surface area (TPSA) is 43.0 Å². The average Bonchev–Trinajstić information content (AvgIpc) is 3.04. The first-order valence-electron chi connectivity index (χ1n) is 14.5. The lowest BCUT2D eigenvalue weighted by atomic mass is 9.58. The summed E-state index contributed by atoms with van der Waals surface area (Å²) in [7, 11) is 0.776. The smallest absolute Gasteiger partial charge is 0.198 e. The minimum atomic E-state index is 0.680. The second-order valence-corrected chi connectivity index (χ2v) is 11.1. The Bertz CT molecular complexity index is 2090. The van der Waals surface area contributed by atoms with Crippen LogP contribution in [0, 0.1) is 6.92 Å². The molecule has 5 nitrogen and oxygen atoms in total. The molecule has 0 bridgehead atoms. The third-order valence-electron chi connectivity index (χ3n) is 8.33. The Labute approximate surface area is 250 Å². The molecule has 0 spiro atoms. The lowest BCUT2D eigenvalue weighted by molar-refractivity contribution is 0.360. The van der Waals surface area contributed by atoms with Crippen molar-refractivity contribution in [1.29, 1.82) is 0 Å². The zero-order valence-electron chi connectivity index (χ0n) is 23.4. The average molecular weight is 556 g/mol. The SMILES string of the molecule is Cc1cc(-c2cc3c(cc2Nc2ccccc2)Oc2ccccc2O3)c2c(c1)N1c3ccccc3Oc3cccc(c31)B2. The zero-order chi connectivity index (χ0) is 28.5. The molecule has 1 N–H and O–H groups in total. The van der Waals surface area contributed by atoms with E-state index in [1.54, 1.807) is 0 Å². The summed E-state index contributed by atoms with van der Waals surface area (Å²) in [6, 6.07) is 41.4. The molecule has 0 aromatic heterocycles. The predicted molar refractivity (Wildman–Crippen MR) is 174 cm³/mol. The van der Waals surface area contributed by atoms with Crippen molar-refractivity contribution in [2.75, 3.05) is 10.2 Å². The highest BCUT2D eigenvalue weighted by molar-refractivity contribution is 6.73. The van der Waals surface area contributed by atoms with E-state index in [9.17, 15) is 0 Å². The summed E-state index contributed by atoms with van der Waals surface area (Å²) < 4.78 is 19.1. The van der Waals surface area contributed by atoms with Crippen LogP contribution in [0.5, 0.6) is 34.5 Å². The zero-order valence-corrected chi connectivity index (χ0v) is 23.4. The summed E-state index contributed by atoms with van der Waals surface area (Å²) in [5.41, 5.74) is 11.1. The number of aryl methyl sites for hydroxylation is 1. The van der Waals surface area contributed by atoms with Gasteiger partial charge in [-0.15, -0.1) is 0 Å². The van der Waals surface area contributed by atoms with Crippen LogP contribution in [-0.2, 0) is 0 Å². The van der Waals surface area contributed by atoms with Gasteiger partial charge in [-0.1, -0.05) is 66.1 Å². The number of hydrogen-bond acceptors (Lipinski definition) is 5. The van der Waals surface area contributed by atoms with Crippen LogP contribution in [0.15, 0.2) is 121 Å². The van der Waals surface area contributed by atoms with Crippen molar-refractivity contribution in [3.63, 3.8) is 0 Å². The number of hydrogen-bond donors (Lipinski definition) is 1. The first-order valence-corrected chi connectivity index (χ1v) is 14.5. The van der Waals surface area contributed by atoms with E-state index < -0.39 is 0 Å². The molecule has 0 saturated heterocycles. The fraction of sp³-hybridized carbons (Fsp3) is 0.0270. The van der Waals surface area contributed by atoms with E-state index in [0.717, 1.165) is 58.3 Å². The maximum absolute atomic E-state index is 6.41. The number of anilines is 5. The minimum Gasteiger partial charge on any atom is -0.453 e. The molecular formula is C37H25BN2O3. The molecule has 3 aliphatic rings. The molecule has 0 atom stereocenters. The summed E-state index contributed by atoms with van der Waals surface area (Å²) in [6.45, 7) is 2.16. The number of para-hydroxylation sites is 6. The molecule has 6 heteroatoms. The molecule has 3 heterocycles. The molecule has 0 fully saturated rings. The van der Waals surface area contributed by atoms with Gasteiger partial charge in [0, 0.05) is 23.0 Å². The molecule has 3 aliphatic heterocycles. The third kappa shape index (κ3) is 3.80. The quantitative estimate of drug-likeness (QED) is 0.221. The maximum Gasteiger partial charge on any atom is 0.198 e. The monoisotopic (exact) mass is 556 g/mol. The van der Waals surface area contributed by atoms with Crippen molar-refractivity contribution in [2.24, 2.45) is 0 Å². The van der Waals surface area contributed by atoms with Crippen molar-refractivity contribution >= 4 is 46.6 Å². The van der Waals surface area contributed by atoms with Gasteiger partial charge in [0.25, 0.3) is 0 Å². The van der Waals surface area contributed by atoms with Crippen LogP contribution < -0.4 is 35.4 Å². The lowest BCUT2D eigenvalue weighted by Gasteiger charge is -2.39. The van der Waals surface area contributed by atoms with Crippen molar-refractivity contribution in [3.05, 3.63) is 127 Å². The van der Waals surface area contributed by atoms with E-state index in [-0.39, 0.29) is 0 Å². The highest BCUT2D eigenvalue weighted by atomic mass is 16.6. The van der Waals surface area contributed by atoms with Gasteiger partial charge in [0.15, 0.2) is 41.8 Å². The fourth-order valence-corrected chi connectivity index (χ4v) is 6.46. The van der Waals surface area contributed by atoms with Crippen LogP contribution in [0.2, 0.25) is 0 Å². The highest BCUT2D eigenvalue weighted by Crippen LogP contribution is 2.52. The van der Waals surface area contributed by atoms with Crippen molar-refractivity contribution in [2.45, 2.75) is 6.92 Å². The molecule has 0 aliphatic carbocycles. The van der Waals surface area contributed by atoms with Crippen LogP contribution in [0.4, 0.5) is 28.4 Å². The van der Waals surface area contributed by atoms with Gasteiger partial charge in [-0.2, -0.15) is 0 Å². The first kappa shape index (κ1) is 24.0. The summed E-state index contributed by atoms with van der Waals surface area (Å²) in [4.78, 5) is 2.37. The van der Waals surface area contributed by atoms with Gasteiger partial charge in [0.05, 0.1) is 17.1 Å². The Balaban J connectivity index is 1.27. The van der Waals surface area contributed by atoms with E-state index >= 15 is 0 Å². The van der Waals surface area contributed by atoms with Gasteiger partial charge in [-0.25, -0.2) is 0 Å². The molecule has 0 saturated carbocycles. The number of nitrogens with one attached hydrogen (secondary N) is 1. The van der Waals surface area contributed by atoms with E-state index in [1.807, 2.05) is 54.6 Å². The summed E-state index contributed by atoms with van der Waals surface area (Å²) in [5, 5.41) is 3.68. The van der Waals surface area contributed by atoms with Crippen LogP contribution >= 0.6 is 0 Å². The first-order chi connectivity index (χ1) is 21.2. The molecule has 204 valence electrons. The Morgan fingerprint density at radius 3 is 2.05 bits per heavy atom. The third-order valence-corrected chi connectivity index (χ3v) is 8.33. The minimum absolute atomic E-state index is 0.680. The van der Waals surface area contributed by atoms with Crippen LogP contribution in [0.1, 0.15) is 5.56 Å². The fourth-order valence-electron chi connectivity index (χ4n) is 6.46. The van der Waals surface area contributed by atoms with E-state index in [4.69, 9.17) is 14.2 Å². The Hall–Kier alpha value is -5.62. The van der Waals surface area contributed by atoms with Crippen LogP contribution in [0.25, 0.3) is 11.1 Å². The van der Waals surface area contributed by atoms with Gasteiger partial charge in [0.2, 0.25) is 0 Å². The van der Waals surface area contributed by atoms with Crippen LogP contribution in [0.3, 0.4) is 0 Å². The molecular weight excluding hydrogens is 531 g/mol. The van der Waals surface area contributed by atoms with Gasteiger partial charge >= 0.3 is 0 Å². The normalized spacial score (nSPS) is 13.0. The largest absolute Gasteiger partial charge is 0.453 e. The number of fused-ring (bicyclic) bond motifs is 6. The van der Waals surface area contributed by atoms with Gasteiger partial charge in [-0.05, 0) is 78.1 Å². The maximum atomic E-state index is 6.41. The molecule has 43 heavy (non-hydrogen) atoms. The lowest BCUT2D eigenvalue weighted by Crippen LogP contribution is -2.42. The summed E-state index contributed by atoms with van der Waals surface area (Å²) in [6.07, 6.45) is 0. The number of ether oxygens (including phenoxy) is 3. The van der Waals surface area contributed by atoms with Gasteiger partial charge in [0.1, 0.15) is 0 Å². The van der Waals surface area contributed by atoms with Crippen molar-refractivity contribution in [1.82, 2.24) is 0 Å². The van der Waals surface area contributed by atoms with E-state index in [2.05, 4.69) is 83.9 Å². The second kappa shape index (κ2) is 9.20. The standard InChI is InChI=1S/C37H25BN2O3/c1-22-18-25(36-29(19-22)40-28-13-5-6-14-30(28)41-33-17-9-12-26(38-36)37(33)40)24-20-34-35(43-32-16-8-7-15-31(32)42-34)21-27(24)39-23-10-3-2-4-11-23/h2-21,38-39H,1H3. The Morgan fingerprint density at radius 1 is 0.558 bits per heavy atom. The predicted octanol–water partition coefficient (Wildman–Crippen LogP) is 8.58. The van der Waals surface area contributed by atoms with E-state index in [1.165, 1.54) is 16.5 Å². The molecule has 0 radical (unpaired) electrons. The van der Waals surface area contributed by atoms with Crippen molar-refractivity contribution in [3.8, 4) is 45.6 Å². The van der Waals surface area contributed by atoms with Crippen molar-refractivity contribution < 1.29 is 14.2 Å². The van der Waals surface area contributed by atoms with Crippen LogP contribution in [-0.4, -0.2) is 7.28 Å². The van der Waals surface area contributed by atoms with Gasteiger partial charge < -0.3 is 24.4 Å². The highest BCUT2D eigenvalue weighted by Gasteiger charge is 2.35. The molecule has 6 aromatic rings. The molecule has 0 unspecified atom stereocenters. The van der Waals surface area contributed by atoms with E-state index in [0.29, 0.717) is 23.0 Å². The molecule has 0 amide bonds. The molecule has 6 aromatic carbocycles. The molecule has 9 rings (SSSR count). The second-order valence-electron chi connectivity index (χ2n) is 11.1. The number of rotatable bonds is 3. The summed E-state index contributed by atoms with van der Waals surface area (Å²) >= 11 is 0.